The maximum Gasteiger partial charge on any atom is 0.115 e. The van der Waals surface area contributed by atoms with Crippen LogP contribution in [-0.4, -0.2) is 18.2 Å². The summed E-state index contributed by atoms with van der Waals surface area (Å²) in [4.78, 5) is 0. The lowest BCUT2D eigenvalue weighted by Gasteiger charge is -2.11. The summed E-state index contributed by atoms with van der Waals surface area (Å²) in [6.45, 7) is 2.23. The summed E-state index contributed by atoms with van der Waals surface area (Å²) in [5.41, 5.74) is 1.68. The Morgan fingerprint density at radius 3 is 3.00 bits per heavy atom. The van der Waals surface area contributed by atoms with E-state index in [0.29, 0.717) is 11.2 Å². The Morgan fingerprint density at radius 2 is 2.38 bits per heavy atom. The van der Waals surface area contributed by atoms with E-state index in [-0.39, 0.29) is 0 Å². The number of nitrogens with one attached hydrogen (secondary N) is 1. The molecular weight excluding hydrogens is 162 g/mol. The van der Waals surface area contributed by atoms with Gasteiger partial charge in [-0.05, 0) is 36.6 Å². The number of piperidine rings is 1. The van der Waals surface area contributed by atoms with E-state index in [1.54, 1.807) is 6.07 Å². The van der Waals surface area contributed by atoms with Gasteiger partial charge >= 0.3 is 0 Å². The third-order valence-corrected chi connectivity index (χ3v) is 3.48. The lowest BCUT2D eigenvalue weighted by atomic mass is 9.95. The molecule has 0 aromatic heterocycles. The summed E-state index contributed by atoms with van der Waals surface area (Å²) in [6, 6.07) is 7.72. The molecule has 3 rings (SSSR count). The molecule has 0 spiro atoms. The van der Waals surface area contributed by atoms with Crippen LogP contribution in [0.4, 0.5) is 0 Å². The second kappa shape index (κ2) is 2.26. The van der Waals surface area contributed by atoms with Gasteiger partial charge in [0.25, 0.3) is 0 Å². The van der Waals surface area contributed by atoms with Crippen molar-refractivity contribution in [2.24, 2.45) is 5.92 Å². The van der Waals surface area contributed by atoms with E-state index in [0.717, 1.165) is 19.0 Å². The highest BCUT2D eigenvalue weighted by atomic mass is 16.3. The van der Waals surface area contributed by atoms with Gasteiger partial charge in [0.1, 0.15) is 5.75 Å². The molecule has 2 nitrogen and oxygen atoms in total. The molecule has 13 heavy (non-hydrogen) atoms. The van der Waals surface area contributed by atoms with Crippen molar-refractivity contribution < 1.29 is 5.11 Å². The van der Waals surface area contributed by atoms with Gasteiger partial charge in [0, 0.05) is 12.0 Å². The zero-order valence-electron chi connectivity index (χ0n) is 7.46. The zero-order valence-corrected chi connectivity index (χ0v) is 7.46. The molecule has 1 aromatic carbocycles. The summed E-state index contributed by atoms with van der Waals surface area (Å²) in [5.74, 6) is 1.21. The molecule has 2 N–H and O–H groups in total. The van der Waals surface area contributed by atoms with Crippen molar-refractivity contribution in [3.05, 3.63) is 29.8 Å². The predicted octanol–water partition coefficient (Wildman–Crippen LogP) is 1.25. The summed E-state index contributed by atoms with van der Waals surface area (Å²) in [5, 5.41) is 12.8. The van der Waals surface area contributed by atoms with Gasteiger partial charge in [-0.15, -0.1) is 0 Å². The number of phenols is 1. The number of benzene rings is 1. The first-order valence-electron chi connectivity index (χ1n) is 4.81. The average molecular weight is 175 g/mol. The van der Waals surface area contributed by atoms with Crippen LogP contribution in [0.1, 0.15) is 12.0 Å². The van der Waals surface area contributed by atoms with Crippen molar-refractivity contribution >= 4 is 0 Å². The fourth-order valence-electron chi connectivity index (χ4n) is 2.61. The Hall–Kier alpha value is -1.02. The first kappa shape index (κ1) is 7.39. The number of hydrogen-bond acceptors (Lipinski definition) is 2. The number of phenolic OH excluding ortho intramolecular Hbond substituents is 1. The molecular formula is C11H13NO. The van der Waals surface area contributed by atoms with E-state index in [1.165, 1.54) is 12.0 Å². The molecule has 2 fully saturated rings. The van der Waals surface area contributed by atoms with Gasteiger partial charge in [0.2, 0.25) is 0 Å². The summed E-state index contributed by atoms with van der Waals surface area (Å²) in [7, 11) is 0. The number of rotatable bonds is 1. The highest BCUT2D eigenvalue weighted by Crippen LogP contribution is 2.56. The van der Waals surface area contributed by atoms with Gasteiger partial charge in [-0.3, -0.25) is 0 Å². The molecule has 2 unspecified atom stereocenters. The van der Waals surface area contributed by atoms with Crippen LogP contribution in [0.2, 0.25) is 0 Å². The van der Waals surface area contributed by atoms with Crippen molar-refractivity contribution in [3.8, 4) is 5.75 Å². The molecule has 2 heteroatoms. The molecule has 1 saturated carbocycles. The molecule has 1 aliphatic heterocycles. The van der Waals surface area contributed by atoms with Crippen molar-refractivity contribution in [2.45, 2.75) is 11.8 Å². The van der Waals surface area contributed by atoms with Crippen LogP contribution >= 0.6 is 0 Å². The fraction of sp³-hybridized carbons (Fsp3) is 0.455. The van der Waals surface area contributed by atoms with Crippen LogP contribution in [0.5, 0.6) is 5.75 Å². The maximum absolute atomic E-state index is 9.39. The Labute approximate surface area is 77.6 Å². The van der Waals surface area contributed by atoms with Gasteiger partial charge in [0.15, 0.2) is 0 Å². The SMILES string of the molecule is Oc1cccc(C23CNCC2C3)c1. The van der Waals surface area contributed by atoms with Gasteiger partial charge in [-0.25, -0.2) is 0 Å². The van der Waals surface area contributed by atoms with E-state index in [1.807, 2.05) is 12.1 Å². The molecule has 0 bridgehead atoms. The molecule has 2 aliphatic rings. The largest absolute Gasteiger partial charge is 0.508 e. The second-order valence-electron chi connectivity index (χ2n) is 4.24. The quantitative estimate of drug-likeness (QED) is 0.673. The van der Waals surface area contributed by atoms with Crippen molar-refractivity contribution in [1.29, 1.82) is 0 Å². The second-order valence-corrected chi connectivity index (χ2v) is 4.24. The minimum Gasteiger partial charge on any atom is -0.508 e. The number of fused-ring (bicyclic) bond motifs is 1. The van der Waals surface area contributed by atoms with Crippen LogP contribution in [-0.2, 0) is 5.41 Å². The van der Waals surface area contributed by atoms with Crippen LogP contribution in [0.25, 0.3) is 0 Å². The highest BCUT2D eigenvalue weighted by molar-refractivity contribution is 5.40. The van der Waals surface area contributed by atoms with Crippen molar-refractivity contribution in [2.75, 3.05) is 13.1 Å². The van der Waals surface area contributed by atoms with E-state index in [9.17, 15) is 5.11 Å². The Kier molecular flexibility index (Phi) is 1.29. The first-order chi connectivity index (χ1) is 6.31. The van der Waals surface area contributed by atoms with Gasteiger partial charge in [0.05, 0.1) is 0 Å². The lowest BCUT2D eigenvalue weighted by molar-refractivity contribution is 0.473. The molecule has 1 aromatic rings. The summed E-state index contributed by atoms with van der Waals surface area (Å²) >= 11 is 0. The van der Waals surface area contributed by atoms with E-state index < -0.39 is 0 Å². The van der Waals surface area contributed by atoms with E-state index in [2.05, 4.69) is 11.4 Å². The van der Waals surface area contributed by atoms with Crippen LogP contribution in [0.15, 0.2) is 24.3 Å². The van der Waals surface area contributed by atoms with Crippen LogP contribution in [0, 0.1) is 5.92 Å². The Balaban J connectivity index is 2.01. The standard InChI is InChI=1S/C11H13NO/c13-10-3-1-2-8(4-10)11-5-9(11)6-12-7-11/h1-4,9,12-13H,5-7H2. The third kappa shape index (κ3) is 0.923. The minimum atomic E-state index is 0.374. The maximum atomic E-state index is 9.39. The smallest absolute Gasteiger partial charge is 0.115 e. The highest BCUT2D eigenvalue weighted by Gasteiger charge is 2.57. The monoisotopic (exact) mass is 175 g/mol. The molecule has 1 saturated heterocycles. The van der Waals surface area contributed by atoms with Gasteiger partial charge in [-0.2, -0.15) is 0 Å². The van der Waals surface area contributed by atoms with Crippen LogP contribution < -0.4 is 5.32 Å². The van der Waals surface area contributed by atoms with E-state index >= 15 is 0 Å². The molecule has 68 valence electrons. The Bertz CT molecular complexity index is 350. The van der Waals surface area contributed by atoms with Crippen LogP contribution in [0.3, 0.4) is 0 Å². The minimum absolute atomic E-state index is 0.374. The average Bonchev–Trinajstić information content (AvgIpc) is 2.70. The molecule has 1 heterocycles. The molecule has 2 atom stereocenters. The van der Waals surface area contributed by atoms with E-state index in [4.69, 9.17) is 0 Å². The topological polar surface area (TPSA) is 32.3 Å². The number of hydrogen-bond donors (Lipinski definition) is 2. The molecule has 0 amide bonds. The van der Waals surface area contributed by atoms with Crippen molar-refractivity contribution in [1.82, 2.24) is 5.32 Å². The predicted molar refractivity (Wildman–Crippen MR) is 50.8 cm³/mol. The normalized spacial score (nSPS) is 35.8. The fourth-order valence-corrected chi connectivity index (χ4v) is 2.61. The lowest BCUT2D eigenvalue weighted by Crippen LogP contribution is -2.18. The zero-order chi connectivity index (χ0) is 8.89. The number of aromatic hydroxyl groups is 1. The Morgan fingerprint density at radius 1 is 1.46 bits per heavy atom. The molecule has 0 radical (unpaired) electrons. The molecule has 1 aliphatic carbocycles. The first-order valence-corrected chi connectivity index (χ1v) is 4.81. The third-order valence-electron chi connectivity index (χ3n) is 3.48. The van der Waals surface area contributed by atoms with Gasteiger partial charge < -0.3 is 10.4 Å². The van der Waals surface area contributed by atoms with Gasteiger partial charge in [-0.1, -0.05) is 12.1 Å². The summed E-state index contributed by atoms with van der Waals surface area (Å²) in [6.07, 6.45) is 1.30. The van der Waals surface area contributed by atoms with Crippen molar-refractivity contribution in [3.63, 3.8) is 0 Å². The summed E-state index contributed by atoms with van der Waals surface area (Å²) < 4.78 is 0.